The van der Waals surface area contributed by atoms with Crippen molar-refractivity contribution in [3.05, 3.63) is 71.3 Å². The van der Waals surface area contributed by atoms with Crippen LogP contribution in [0.25, 0.3) is 0 Å². The Morgan fingerprint density at radius 1 is 0.895 bits per heavy atom. The highest BCUT2D eigenvalue weighted by Crippen LogP contribution is 2.21. The molecular weight excluding hydrogens is 244 g/mol. The first kappa shape index (κ1) is 13.7. The summed E-state index contributed by atoms with van der Waals surface area (Å²) < 4.78 is 26.8. The van der Waals surface area contributed by atoms with E-state index in [-0.39, 0.29) is 23.7 Å². The van der Waals surface area contributed by atoms with Crippen LogP contribution in [-0.2, 0) is 0 Å². The number of nitrogens with one attached hydrogen (secondary N) is 1. The van der Waals surface area contributed by atoms with E-state index < -0.39 is 0 Å². The van der Waals surface area contributed by atoms with E-state index in [1.54, 1.807) is 18.2 Å². The molecule has 1 N–H and O–H groups in total. The fourth-order valence-corrected chi connectivity index (χ4v) is 2.16. The van der Waals surface area contributed by atoms with Crippen molar-refractivity contribution in [1.82, 2.24) is 5.32 Å². The smallest absolute Gasteiger partial charge is 0.127 e. The van der Waals surface area contributed by atoms with E-state index in [2.05, 4.69) is 5.32 Å². The lowest BCUT2D eigenvalue weighted by Gasteiger charge is -2.21. The first-order valence-corrected chi connectivity index (χ1v) is 6.34. The van der Waals surface area contributed by atoms with Gasteiger partial charge in [-0.25, -0.2) is 8.78 Å². The zero-order chi connectivity index (χ0) is 13.8. The van der Waals surface area contributed by atoms with Crippen molar-refractivity contribution in [3.63, 3.8) is 0 Å². The van der Waals surface area contributed by atoms with Crippen LogP contribution in [0.4, 0.5) is 8.78 Å². The maximum absolute atomic E-state index is 13.7. The maximum Gasteiger partial charge on any atom is 0.127 e. The second kappa shape index (κ2) is 5.93. The van der Waals surface area contributed by atoms with Gasteiger partial charge in [0.2, 0.25) is 0 Å². The molecule has 2 atom stereocenters. The molecule has 2 rings (SSSR count). The van der Waals surface area contributed by atoms with Crippen molar-refractivity contribution in [2.75, 3.05) is 0 Å². The summed E-state index contributed by atoms with van der Waals surface area (Å²) in [7, 11) is 0. The minimum Gasteiger partial charge on any atom is -0.304 e. The molecular formula is C16H17F2N. The van der Waals surface area contributed by atoms with Crippen LogP contribution >= 0.6 is 0 Å². The van der Waals surface area contributed by atoms with Gasteiger partial charge >= 0.3 is 0 Å². The highest BCUT2D eigenvalue weighted by molar-refractivity contribution is 5.23. The lowest BCUT2D eigenvalue weighted by Crippen LogP contribution is -2.23. The molecule has 0 spiro atoms. The standard InChI is InChI=1S/C16H17F2N/c1-11(13-6-5-7-14(17)10-13)19-12(2)15-8-3-4-9-16(15)18/h3-12,19H,1-2H3/t11-,12?/m1/s1. The first-order chi connectivity index (χ1) is 9.08. The third-order valence-electron chi connectivity index (χ3n) is 3.22. The van der Waals surface area contributed by atoms with E-state index in [0.29, 0.717) is 5.56 Å². The lowest BCUT2D eigenvalue weighted by molar-refractivity contribution is 0.472. The van der Waals surface area contributed by atoms with Crippen LogP contribution in [0.1, 0.15) is 37.1 Å². The molecule has 1 unspecified atom stereocenters. The van der Waals surface area contributed by atoms with E-state index in [9.17, 15) is 8.78 Å². The monoisotopic (exact) mass is 261 g/mol. The normalized spacial score (nSPS) is 14.1. The average molecular weight is 261 g/mol. The van der Waals surface area contributed by atoms with Crippen molar-refractivity contribution in [1.29, 1.82) is 0 Å². The molecule has 0 fully saturated rings. The Labute approximate surface area is 112 Å². The maximum atomic E-state index is 13.7. The minimum atomic E-state index is -0.260. The van der Waals surface area contributed by atoms with E-state index >= 15 is 0 Å². The van der Waals surface area contributed by atoms with Gasteiger partial charge in [-0.05, 0) is 37.6 Å². The van der Waals surface area contributed by atoms with Crippen LogP contribution in [0.5, 0.6) is 0 Å². The summed E-state index contributed by atoms with van der Waals surface area (Å²) in [4.78, 5) is 0. The van der Waals surface area contributed by atoms with Crippen LogP contribution < -0.4 is 5.32 Å². The van der Waals surface area contributed by atoms with Crippen molar-refractivity contribution >= 4 is 0 Å². The van der Waals surface area contributed by atoms with Gasteiger partial charge in [0, 0.05) is 17.6 Å². The Kier molecular flexibility index (Phi) is 4.27. The topological polar surface area (TPSA) is 12.0 Å². The Morgan fingerprint density at radius 2 is 1.63 bits per heavy atom. The largest absolute Gasteiger partial charge is 0.304 e. The predicted molar refractivity (Wildman–Crippen MR) is 72.8 cm³/mol. The van der Waals surface area contributed by atoms with Crippen molar-refractivity contribution in [3.8, 4) is 0 Å². The molecule has 2 aromatic carbocycles. The van der Waals surface area contributed by atoms with Crippen molar-refractivity contribution < 1.29 is 8.78 Å². The lowest BCUT2D eigenvalue weighted by atomic mass is 10.0. The molecule has 0 aliphatic carbocycles. The molecule has 1 nitrogen and oxygen atoms in total. The minimum absolute atomic E-state index is 0.0506. The van der Waals surface area contributed by atoms with Gasteiger partial charge in [0.25, 0.3) is 0 Å². The van der Waals surface area contributed by atoms with Crippen LogP contribution in [0.2, 0.25) is 0 Å². The van der Waals surface area contributed by atoms with E-state index in [1.165, 1.54) is 18.2 Å². The molecule has 2 aromatic rings. The summed E-state index contributed by atoms with van der Waals surface area (Å²) >= 11 is 0. The third kappa shape index (κ3) is 3.38. The van der Waals surface area contributed by atoms with Gasteiger partial charge in [0.15, 0.2) is 0 Å². The molecule has 0 aliphatic rings. The zero-order valence-electron chi connectivity index (χ0n) is 11.0. The van der Waals surface area contributed by atoms with Gasteiger partial charge in [-0.2, -0.15) is 0 Å². The van der Waals surface area contributed by atoms with Crippen LogP contribution in [0.3, 0.4) is 0 Å². The van der Waals surface area contributed by atoms with Gasteiger partial charge in [0.05, 0.1) is 0 Å². The molecule has 0 heterocycles. The highest BCUT2D eigenvalue weighted by Gasteiger charge is 2.14. The molecule has 0 radical (unpaired) electrons. The van der Waals surface area contributed by atoms with Gasteiger partial charge in [0.1, 0.15) is 11.6 Å². The molecule has 19 heavy (non-hydrogen) atoms. The summed E-state index contributed by atoms with van der Waals surface area (Å²) in [5, 5.41) is 3.27. The summed E-state index contributed by atoms with van der Waals surface area (Å²) in [5.41, 5.74) is 1.47. The second-order valence-corrected chi connectivity index (χ2v) is 4.69. The van der Waals surface area contributed by atoms with Gasteiger partial charge in [-0.1, -0.05) is 30.3 Å². The Hall–Kier alpha value is -1.74. The molecule has 0 saturated heterocycles. The number of hydrogen-bond donors (Lipinski definition) is 1. The summed E-state index contributed by atoms with van der Waals surface area (Å²) in [6, 6.07) is 12.9. The predicted octanol–water partition coefficient (Wildman–Crippen LogP) is 4.38. The Bertz CT molecular complexity index is 554. The van der Waals surface area contributed by atoms with E-state index in [0.717, 1.165) is 5.56 Å². The van der Waals surface area contributed by atoms with E-state index in [1.807, 2.05) is 26.0 Å². The van der Waals surface area contributed by atoms with Gasteiger partial charge < -0.3 is 5.32 Å². The number of halogens is 2. The number of rotatable bonds is 4. The summed E-state index contributed by atoms with van der Waals surface area (Å²) in [6.07, 6.45) is 0. The Morgan fingerprint density at radius 3 is 2.32 bits per heavy atom. The quantitative estimate of drug-likeness (QED) is 0.861. The molecule has 0 aliphatic heterocycles. The molecule has 0 saturated carbocycles. The van der Waals surface area contributed by atoms with Gasteiger partial charge in [-0.15, -0.1) is 0 Å². The number of benzene rings is 2. The molecule has 0 aromatic heterocycles. The highest BCUT2D eigenvalue weighted by atomic mass is 19.1. The van der Waals surface area contributed by atoms with Gasteiger partial charge in [-0.3, -0.25) is 0 Å². The second-order valence-electron chi connectivity index (χ2n) is 4.69. The SMILES string of the molecule is CC(N[C@H](C)c1cccc(F)c1)c1ccccc1F. The fourth-order valence-electron chi connectivity index (χ4n) is 2.16. The molecule has 100 valence electrons. The average Bonchev–Trinajstić information content (AvgIpc) is 2.39. The van der Waals surface area contributed by atoms with Crippen LogP contribution in [0.15, 0.2) is 48.5 Å². The molecule has 0 amide bonds. The van der Waals surface area contributed by atoms with E-state index in [4.69, 9.17) is 0 Å². The first-order valence-electron chi connectivity index (χ1n) is 6.34. The van der Waals surface area contributed by atoms with Crippen LogP contribution in [0, 0.1) is 11.6 Å². The fraction of sp³-hybridized carbons (Fsp3) is 0.250. The summed E-state index contributed by atoms with van der Waals surface area (Å²) in [6.45, 7) is 3.83. The number of hydrogen-bond acceptors (Lipinski definition) is 1. The third-order valence-corrected chi connectivity index (χ3v) is 3.22. The zero-order valence-corrected chi connectivity index (χ0v) is 11.0. The molecule has 0 bridgehead atoms. The Balaban J connectivity index is 2.11. The van der Waals surface area contributed by atoms with Crippen molar-refractivity contribution in [2.45, 2.75) is 25.9 Å². The summed E-state index contributed by atoms with van der Waals surface area (Å²) in [5.74, 6) is -0.487. The van der Waals surface area contributed by atoms with Crippen LogP contribution in [-0.4, -0.2) is 0 Å². The molecule has 3 heteroatoms. The van der Waals surface area contributed by atoms with Crippen molar-refractivity contribution in [2.24, 2.45) is 0 Å².